The summed E-state index contributed by atoms with van der Waals surface area (Å²) >= 11 is 0. The van der Waals surface area contributed by atoms with Gasteiger partial charge < -0.3 is 14.8 Å². The molecule has 2 aliphatic rings. The fourth-order valence-electron chi connectivity index (χ4n) is 2.49. The Bertz CT molecular complexity index is 371. The summed E-state index contributed by atoms with van der Waals surface area (Å²) in [5.41, 5.74) is -1.29. The molecule has 0 radical (unpaired) electrons. The molecule has 2 atom stereocenters. The van der Waals surface area contributed by atoms with E-state index in [1.807, 2.05) is 13.8 Å². The van der Waals surface area contributed by atoms with Crippen molar-refractivity contribution in [3.8, 4) is 6.07 Å². The van der Waals surface area contributed by atoms with E-state index in [9.17, 15) is 10.1 Å². The van der Waals surface area contributed by atoms with E-state index in [-0.39, 0.29) is 17.6 Å². The molecular weight excluding hydrogens is 232 g/mol. The molecule has 2 unspecified atom stereocenters. The average molecular weight is 252 g/mol. The van der Waals surface area contributed by atoms with E-state index >= 15 is 0 Å². The maximum atomic E-state index is 12.4. The van der Waals surface area contributed by atoms with Crippen LogP contribution in [-0.4, -0.2) is 37.4 Å². The molecule has 5 nitrogen and oxygen atoms in total. The van der Waals surface area contributed by atoms with Gasteiger partial charge >= 0.3 is 0 Å². The van der Waals surface area contributed by atoms with Gasteiger partial charge in [0.1, 0.15) is 5.41 Å². The number of nitrogens with zero attached hydrogens (tertiary/aromatic N) is 1. The van der Waals surface area contributed by atoms with Gasteiger partial charge in [0.25, 0.3) is 0 Å². The van der Waals surface area contributed by atoms with Gasteiger partial charge in [0.2, 0.25) is 5.91 Å². The Morgan fingerprint density at radius 2 is 2.00 bits per heavy atom. The van der Waals surface area contributed by atoms with E-state index < -0.39 is 5.41 Å². The number of carbonyl (C=O) groups is 1. The minimum absolute atomic E-state index is 0.0166. The largest absolute Gasteiger partial charge is 0.381 e. The minimum atomic E-state index is -0.927. The fraction of sp³-hybridized carbons (Fsp3) is 0.846. The van der Waals surface area contributed by atoms with Gasteiger partial charge in [-0.1, -0.05) is 0 Å². The summed E-state index contributed by atoms with van der Waals surface area (Å²) in [7, 11) is 0. The van der Waals surface area contributed by atoms with Crippen LogP contribution in [0.3, 0.4) is 0 Å². The van der Waals surface area contributed by atoms with Crippen LogP contribution < -0.4 is 5.32 Å². The number of rotatable bonds is 2. The molecule has 5 heteroatoms. The highest BCUT2D eigenvalue weighted by Crippen LogP contribution is 2.33. The quantitative estimate of drug-likeness (QED) is 0.795. The summed E-state index contributed by atoms with van der Waals surface area (Å²) in [4.78, 5) is 12.4. The van der Waals surface area contributed by atoms with Gasteiger partial charge in [-0.05, 0) is 33.1 Å². The lowest BCUT2D eigenvalue weighted by Gasteiger charge is -2.35. The highest BCUT2D eigenvalue weighted by molar-refractivity contribution is 5.86. The Labute approximate surface area is 107 Å². The SMILES string of the molecule is CC1OCCC1(C)NC(=O)C1(C#N)CCOCC1. The van der Waals surface area contributed by atoms with Gasteiger partial charge in [0, 0.05) is 19.8 Å². The normalized spacial score (nSPS) is 34.8. The molecular formula is C13H20N2O3. The van der Waals surface area contributed by atoms with Crippen molar-refractivity contribution in [2.45, 2.75) is 44.8 Å². The van der Waals surface area contributed by atoms with Crippen LogP contribution in [0.1, 0.15) is 33.1 Å². The third-order valence-corrected chi connectivity index (χ3v) is 4.28. The maximum absolute atomic E-state index is 12.4. The zero-order valence-corrected chi connectivity index (χ0v) is 11.0. The van der Waals surface area contributed by atoms with E-state index in [0.717, 1.165) is 6.42 Å². The van der Waals surface area contributed by atoms with Crippen LogP contribution in [-0.2, 0) is 14.3 Å². The number of amides is 1. The maximum Gasteiger partial charge on any atom is 0.241 e. The van der Waals surface area contributed by atoms with Crippen LogP contribution in [0.15, 0.2) is 0 Å². The van der Waals surface area contributed by atoms with E-state index in [1.165, 1.54) is 0 Å². The van der Waals surface area contributed by atoms with Crippen LogP contribution in [0.2, 0.25) is 0 Å². The van der Waals surface area contributed by atoms with Crippen molar-refractivity contribution in [2.75, 3.05) is 19.8 Å². The second-order valence-corrected chi connectivity index (χ2v) is 5.44. The Morgan fingerprint density at radius 1 is 1.33 bits per heavy atom. The molecule has 0 bridgehead atoms. The molecule has 0 spiro atoms. The van der Waals surface area contributed by atoms with Crippen molar-refractivity contribution in [1.82, 2.24) is 5.32 Å². The van der Waals surface area contributed by atoms with Crippen molar-refractivity contribution in [2.24, 2.45) is 5.41 Å². The first-order valence-corrected chi connectivity index (χ1v) is 6.46. The molecule has 0 aromatic carbocycles. The fourth-order valence-corrected chi connectivity index (χ4v) is 2.49. The first kappa shape index (κ1) is 13.3. The summed E-state index contributed by atoms with van der Waals surface area (Å²) in [6.45, 7) is 5.54. The molecule has 0 aliphatic carbocycles. The summed E-state index contributed by atoms with van der Waals surface area (Å²) in [5.74, 6) is -0.173. The van der Waals surface area contributed by atoms with Crippen LogP contribution in [0.5, 0.6) is 0 Å². The molecule has 2 heterocycles. The topological polar surface area (TPSA) is 71.3 Å². The Kier molecular flexibility index (Phi) is 3.60. The molecule has 1 amide bonds. The monoisotopic (exact) mass is 252 g/mol. The Morgan fingerprint density at radius 3 is 2.50 bits per heavy atom. The number of nitrogens with one attached hydrogen (secondary N) is 1. The third-order valence-electron chi connectivity index (χ3n) is 4.28. The molecule has 2 saturated heterocycles. The summed E-state index contributed by atoms with van der Waals surface area (Å²) in [5, 5.41) is 12.4. The summed E-state index contributed by atoms with van der Waals surface area (Å²) in [6, 6.07) is 2.19. The van der Waals surface area contributed by atoms with Gasteiger partial charge in [0.15, 0.2) is 0 Å². The number of carbonyl (C=O) groups excluding carboxylic acids is 1. The van der Waals surface area contributed by atoms with E-state index in [0.29, 0.717) is 32.7 Å². The van der Waals surface area contributed by atoms with Crippen molar-refractivity contribution in [3.05, 3.63) is 0 Å². The molecule has 1 N–H and O–H groups in total. The average Bonchev–Trinajstić information content (AvgIpc) is 2.70. The second-order valence-electron chi connectivity index (χ2n) is 5.44. The number of ether oxygens (including phenoxy) is 2. The lowest BCUT2D eigenvalue weighted by atomic mass is 9.79. The molecule has 2 rings (SSSR count). The van der Waals surface area contributed by atoms with Crippen molar-refractivity contribution in [1.29, 1.82) is 5.26 Å². The van der Waals surface area contributed by atoms with Crippen molar-refractivity contribution < 1.29 is 14.3 Å². The summed E-state index contributed by atoms with van der Waals surface area (Å²) in [6.07, 6.45) is 1.72. The molecule has 0 aromatic heterocycles. The van der Waals surface area contributed by atoms with Crippen LogP contribution in [0.4, 0.5) is 0 Å². The minimum Gasteiger partial charge on any atom is -0.381 e. The number of hydrogen-bond donors (Lipinski definition) is 1. The molecule has 0 saturated carbocycles. The molecule has 2 fully saturated rings. The standard InChI is InChI=1S/C13H20N2O3/c1-10-12(2,3-8-18-10)15-11(16)13(9-14)4-6-17-7-5-13/h10H,3-8H2,1-2H3,(H,15,16). The highest BCUT2D eigenvalue weighted by Gasteiger charge is 2.46. The van der Waals surface area contributed by atoms with Gasteiger partial charge in [-0.2, -0.15) is 5.26 Å². The van der Waals surface area contributed by atoms with Crippen LogP contribution >= 0.6 is 0 Å². The highest BCUT2D eigenvalue weighted by atomic mass is 16.5. The molecule has 0 aromatic rings. The van der Waals surface area contributed by atoms with Gasteiger partial charge in [-0.3, -0.25) is 4.79 Å². The van der Waals surface area contributed by atoms with Gasteiger partial charge in [-0.25, -0.2) is 0 Å². The van der Waals surface area contributed by atoms with E-state index in [2.05, 4.69) is 11.4 Å². The first-order chi connectivity index (χ1) is 8.52. The number of nitriles is 1. The van der Waals surface area contributed by atoms with E-state index in [4.69, 9.17) is 9.47 Å². The lowest BCUT2D eigenvalue weighted by molar-refractivity contribution is -0.134. The molecule has 2 aliphatic heterocycles. The van der Waals surface area contributed by atoms with Crippen LogP contribution in [0.25, 0.3) is 0 Å². The zero-order chi connectivity index (χ0) is 13.2. The Hall–Kier alpha value is -1.12. The van der Waals surface area contributed by atoms with Crippen LogP contribution in [0, 0.1) is 16.7 Å². The second kappa shape index (κ2) is 4.87. The summed E-state index contributed by atoms with van der Waals surface area (Å²) < 4.78 is 10.7. The van der Waals surface area contributed by atoms with E-state index in [1.54, 1.807) is 0 Å². The smallest absolute Gasteiger partial charge is 0.241 e. The van der Waals surface area contributed by atoms with Gasteiger partial charge in [-0.15, -0.1) is 0 Å². The first-order valence-electron chi connectivity index (χ1n) is 6.46. The Balaban J connectivity index is 2.09. The predicted octanol–water partition coefficient (Wildman–Crippen LogP) is 0.990. The van der Waals surface area contributed by atoms with Crippen molar-refractivity contribution >= 4 is 5.91 Å². The van der Waals surface area contributed by atoms with Gasteiger partial charge in [0.05, 0.1) is 17.7 Å². The molecule has 100 valence electrons. The number of hydrogen-bond acceptors (Lipinski definition) is 4. The third kappa shape index (κ3) is 2.23. The van der Waals surface area contributed by atoms with Crippen molar-refractivity contribution in [3.63, 3.8) is 0 Å². The zero-order valence-electron chi connectivity index (χ0n) is 11.0. The molecule has 18 heavy (non-hydrogen) atoms. The predicted molar refractivity (Wildman–Crippen MR) is 64.7 cm³/mol. The lowest BCUT2D eigenvalue weighted by Crippen LogP contribution is -2.56.